The molecule has 0 bridgehead atoms. The van der Waals surface area contributed by atoms with Gasteiger partial charge in [-0.3, -0.25) is 9.59 Å². The average molecular weight is 321 g/mol. The summed E-state index contributed by atoms with van der Waals surface area (Å²) in [5, 5.41) is 16.4. The number of carbonyl (C=O) groups excluding carboxylic acids is 2. The lowest BCUT2D eigenvalue weighted by atomic mass is 10.1. The van der Waals surface area contributed by atoms with E-state index < -0.39 is 12.0 Å². The first-order valence-corrected chi connectivity index (χ1v) is 7.49. The van der Waals surface area contributed by atoms with Crippen molar-refractivity contribution in [3.8, 4) is 0 Å². The third-order valence-electron chi connectivity index (χ3n) is 2.88. The first-order chi connectivity index (χ1) is 10.9. The molecule has 23 heavy (non-hydrogen) atoms. The molecular formula is C16H23N3O4. The van der Waals surface area contributed by atoms with E-state index in [0.717, 1.165) is 5.56 Å². The van der Waals surface area contributed by atoms with Gasteiger partial charge in [-0.2, -0.15) is 0 Å². The van der Waals surface area contributed by atoms with E-state index in [4.69, 9.17) is 5.11 Å². The van der Waals surface area contributed by atoms with Gasteiger partial charge in [-0.15, -0.1) is 0 Å². The predicted molar refractivity (Wildman–Crippen MR) is 87.0 cm³/mol. The van der Waals surface area contributed by atoms with E-state index >= 15 is 0 Å². The Labute approximate surface area is 135 Å². The number of urea groups is 1. The zero-order valence-electron chi connectivity index (χ0n) is 13.4. The highest BCUT2D eigenvalue weighted by Gasteiger charge is 2.06. The highest BCUT2D eigenvalue weighted by atomic mass is 16.4. The minimum Gasteiger partial charge on any atom is -0.481 e. The van der Waals surface area contributed by atoms with Crippen LogP contribution in [0.2, 0.25) is 0 Å². The summed E-state index contributed by atoms with van der Waals surface area (Å²) in [6, 6.07) is 6.77. The maximum absolute atomic E-state index is 11.7. The van der Waals surface area contributed by atoms with Crippen LogP contribution in [0.4, 0.5) is 10.5 Å². The van der Waals surface area contributed by atoms with Crippen molar-refractivity contribution >= 4 is 23.6 Å². The summed E-state index contributed by atoms with van der Waals surface area (Å²) >= 11 is 0. The molecule has 0 saturated carbocycles. The van der Waals surface area contributed by atoms with Crippen molar-refractivity contribution in [2.24, 2.45) is 5.92 Å². The molecule has 7 heteroatoms. The number of anilines is 1. The summed E-state index contributed by atoms with van der Waals surface area (Å²) in [6.07, 6.45) is 0.333. The van der Waals surface area contributed by atoms with Crippen molar-refractivity contribution in [1.82, 2.24) is 10.6 Å². The van der Waals surface area contributed by atoms with E-state index in [2.05, 4.69) is 16.0 Å². The Bertz CT molecular complexity index is 558. The number of carbonyl (C=O) groups is 3. The molecular weight excluding hydrogens is 298 g/mol. The Morgan fingerprint density at radius 3 is 2.57 bits per heavy atom. The lowest BCUT2D eigenvalue weighted by Crippen LogP contribution is -2.36. The van der Waals surface area contributed by atoms with Crippen LogP contribution in [0, 0.1) is 5.92 Å². The van der Waals surface area contributed by atoms with Crippen LogP contribution in [-0.2, 0) is 16.1 Å². The fourth-order valence-corrected chi connectivity index (χ4v) is 1.87. The van der Waals surface area contributed by atoms with E-state index in [9.17, 15) is 14.4 Å². The zero-order valence-corrected chi connectivity index (χ0v) is 13.4. The summed E-state index contributed by atoms with van der Waals surface area (Å²) in [5.74, 6) is -0.721. The number of benzene rings is 1. The molecule has 0 aliphatic carbocycles. The molecule has 3 amide bonds. The van der Waals surface area contributed by atoms with E-state index in [1.165, 1.54) is 0 Å². The van der Waals surface area contributed by atoms with Crippen LogP contribution in [0.25, 0.3) is 0 Å². The second-order valence-electron chi connectivity index (χ2n) is 5.60. The molecule has 0 fully saturated rings. The standard InChI is InChI=1S/C16H23N3O4/c1-11(2)8-14(20)19-13-5-3-4-12(9-13)10-18-16(23)17-7-6-15(21)22/h3-5,9,11H,6-8,10H2,1-2H3,(H,19,20)(H,21,22)(H2,17,18,23). The van der Waals surface area contributed by atoms with Crippen LogP contribution in [0.3, 0.4) is 0 Å². The highest BCUT2D eigenvalue weighted by molar-refractivity contribution is 5.90. The molecule has 0 saturated heterocycles. The second kappa shape index (κ2) is 9.45. The summed E-state index contributed by atoms with van der Waals surface area (Å²) < 4.78 is 0. The van der Waals surface area contributed by atoms with Gasteiger partial charge < -0.3 is 21.1 Å². The number of hydrogen-bond acceptors (Lipinski definition) is 3. The molecule has 0 aromatic heterocycles. The Morgan fingerprint density at radius 2 is 1.91 bits per heavy atom. The molecule has 1 aromatic rings. The van der Waals surface area contributed by atoms with Gasteiger partial charge in [-0.05, 0) is 23.6 Å². The molecule has 7 nitrogen and oxygen atoms in total. The summed E-state index contributed by atoms with van der Waals surface area (Å²) in [7, 11) is 0. The number of aliphatic carboxylic acids is 1. The number of carboxylic acids is 1. The van der Waals surface area contributed by atoms with Gasteiger partial charge in [-0.1, -0.05) is 26.0 Å². The lowest BCUT2D eigenvalue weighted by Gasteiger charge is -2.10. The molecule has 0 spiro atoms. The van der Waals surface area contributed by atoms with Gasteiger partial charge in [-0.25, -0.2) is 4.79 Å². The maximum atomic E-state index is 11.7. The minimum absolute atomic E-state index is 0.0449. The van der Waals surface area contributed by atoms with Crippen LogP contribution < -0.4 is 16.0 Å². The average Bonchev–Trinajstić information content (AvgIpc) is 2.44. The summed E-state index contributed by atoms with van der Waals surface area (Å²) in [6.45, 7) is 4.31. The van der Waals surface area contributed by atoms with Crippen molar-refractivity contribution in [2.45, 2.75) is 33.2 Å². The second-order valence-corrected chi connectivity index (χ2v) is 5.60. The molecule has 4 N–H and O–H groups in total. The number of hydrogen-bond donors (Lipinski definition) is 4. The number of amides is 3. The van der Waals surface area contributed by atoms with Crippen LogP contribution >= 0.6 is 0 Å². The smallest absolute Gasteiger partial charge is 0.315 e. The van der Waals surface area contributed by atoms with Crippen LogP contribution in [0.5, 0.6) is 0 Å². The maximum Gasteiger partial charge on any atom is 0.315 e. The monoisotopic (exact) mass is 321 g/mol. The first-order valence-electron chi connectivity index (χ1n) is 7.49. The van der Waals surface area contributed by atoms with E-state index in [0.29, 0.717) is 12.1 Å². The normalized spacial score (nSPS) is 10.2. The molecule has 0 atom stereocenters. The zero-order chi connectivity index (χ0) is 17.2. The molecule has 0 aliphatic heterocycles. The van der Waals surface area contributed by atoms with Crippen molar-refractivity contribution in [3.05, 3.63) is 29.8 Å². The number of rotatable bonds is 8. The van der Waals surface area contributed by atoms with Gasteiger partial charge in [0.15, 0.2) is 0 Å². The lowest BCUT2D eigenvalue weighted by molar-refractivity contribution is -0.136. The number of nitrogens with one attached hydrogen (secondary N) is 3. The fraction of sp³-hybridized carbons (Fsp3) is 0.438. The van der Waals surface area contributed by atoms with Crippen LogP contribution in [-0.4, -0.2) is 29.6 Å². The van der Waals surface area contributed by atoms with Gasteiger partial charge >= 0.3 is 12.0 Å². The SMILES string of the molecule is CC(C)CC(=O)Nc1cccc(CNC(=O)NCCC(=O)O)c1. The van der Waals surface area contributed by atoms with Crippen molar-refractivity contribution in [2.75, 3.05) is 11.9 Å². The Kier molecular flexibility index (Phi) is 7.59. The van der Waals surface area contributed by atoms with Crippen molar-refractivity contribution in [1.29, 1.82) is 0 Å². The van der Waals surface area contributed by atoms with E-state index in [-0.39, 0.29) is 31.3 Å². The van der Waals surface area contributed by atoms with Crippen molar-refractivity contribution < 1.29 is 19.5 Å². The van der Waals surface area contributed by atoms with Gasteiger partial charge in [0.25, 0.3) is 0 Å². The third-order valence-corrected chi connectivity index (χ3v) is 2.88. The Hall–Kier alpha value is -2.57. The number of carboxylic acid groups (broad SMARTS) is 1. The molecule has 0 radical (unpaired) electrons. The molecule has 1 rings (SSSR count). The fourth-order valence-electron chi connectivity index (χ4n) is 1.87. The Balaban J connectivity index is 2.43. The molecule has 0 heterocycles. The molecule has 0 unspecified atom stereocenters. The van der Waals surface area contributed by atoms with Crippen LogP contribution in [0.15, 0.2) is 24.3 Å². The minimum atomic E-state index is -0.963. The predicted octanol–water partition coefficient (Wildman–Crippen LogP) is 1.95. The molecule has 126 valence electrons. The molecule has 0 aliphatic rings. The van der Waals surface area contributed by atoms with Gasteiger partial charge in [0.2, 0.25) is 5.91 Å². The molecule has 1 aromatic carbocycles. The summed E-state index contributed by atoms with van der Waals surface area (Å²) in [5.41, 5.74) is 1.52. The Morgan fingerprint density at radius 1 is 1.17 bits per heavy atom. The van der Waals surface area contributed by atoms with Gasteiger partial charge in [0.05, 0.1) is 6.42 Å². The van der Waals surface area contributed by atoms with E-state index in [1.807, 2.05) is 19.9 Å². The van der Waals surface area contributed by atoms with Gasteiger partial charge in [0.1, 0.15) is 0 Å². The van der Waals surface area contributed by atoms with E-state index in [1.54, 1.807) is 18.2 Å². The topological polar surface area (TPSA) is 108 Å². The van der Waals surface area contributed by atoms with Gasteiger partial charge in [0, 0.05) is 25.2 Å². The van der Waals surface area contributed by atoms with Crippen LogP contribution in [0.1, 0.15) is 32.3 Å². The quantitative estimate of drug-likeness (QED) is 0.587. The van der Waals surface area contributed by atoms with Crippen molar-refractivity contribution in [3.63, 3.8) is 0 Å². The summed E-state index contributed by atoms with van der Waals surface area (Å²) in [4.78, 5) is 33.6. The first kappa shape index (κ1) is 18.5. The largest absolute Gasteiger partial charge is 0.481 e. The highest BCUT2D eigenvalue weighted by Crippen LogP contribution is 2.12. The third kappa shape index (κ3) is 8.45.